The van der Waals surface area contributed by atoms with Gasteiger partial charge in [-0.2, -0.15) is 0 Å². The molecule has 2 rings (SSSR count). The van der Waals surface area contributed by atoms with Crippen LogP contribution in [0.25, 0.3) is 0 Å². The van der Waals surface area contributed by atoms with Crippen molar-refractivity contribution >= 4 is 12.6 Å². The largest absolute Gasteiger partial charge is 0.493 e. The van der Waals surface area contributed by atoms with E-state index in [1.54, 1.807) is 0 Å². The minimum atomic E-state index is -1.76. The van der Waals surface area contributed by atoms with Gasteiger partial charge in [0.2, 0.25) is 0 Å². The number of aliphatic hydroxyl groups excluding tert-OH is 4. The van der Waals surface area contributed by atoms with Crippen molar-refractivity contribution in [3.05, 3.63) is 47.5 Å². The maximum atomic E-state index is 10.8. The molecule has 2 aromatic rings. The van der Waals surface area contributed by atoms with E-state index in [0.717, 1.165) is 0 Å². The van der Waals surface area contributed by atoms with E-state index in [1.165, 1.54) is 50.6 Å². The van der Waals surface area contributed by atoms with Gasteiger partial charge >= 0.3 is 0 Å². The quantitative estimate of drug-likeness (QED) is 0.312. The van der Waals surface area contributed by atoms with Gasteiger partial charge in [-0.15, -0.1) is 0 Å². The molecular formula is C22H26O10. The van der Waals surface area contributed by atoms with Crippen molar-refractivity contribution in [3.8, 4) is 23.0 Å². The second kappa shape index (κ2) is 12.0. The van der Waals surface area contributed by atoms with Gasteiger partial charge in [0, 0.05) is 11.1 Å². The Kier molecular flexibility index (Phi) is 9.41. The molecule has 0 spiro atoms. The lowest BCUT2D eigenvalue weighted by atomic mass is 10.0. The summed E-state index contributed by atoms with van der Waals surface area (Å²) in [5, 5.41) is 40.6. The molecule has 0 unspecified atom stereocenters. The number of carbonyl (C=O) groups is 2. The van der Waals surface area contributed by atoms with Crippen molar-refractivity contribution < 1.29 is 49.0 Å². The fourth-order valence-electron chi connectivity index (χ4n) is 2.76. The van der Waals surface area contributed by atoms with E-state index in [1.807, 2.05) is 0 Å². The van der Waals surface area contributed by atoms with E-state index in [4.69, 9.17) is 18.9 Å². The molecule has 0 heterocycles. The Morgan fingerprint density at radius 2 is 1.06 bits per heavy atom. The fraction of sp³-hybridized carbons (Fsp3) is 0.364. The van der Waals surface area contributed by atoms with Crippen molar-refractivity contribution in [2.45, 2.75) is 24.4 Å². The van der Waals surface area contributed by atoms with Crippen LogP contribution in [0.3, 0.4) is 0 Å². The summed E-state index contributed by atoms with van der Waals surface area (Å²) in [5.41, 5.74) is 0.733. The number of carbonyl (C=O) groups excluding carboxylic acids is 2. The van der Waals surface area contributed by atoms with Crippen molar-refractivity contribution in [1.29, 1.82) is 0 Å². The van der Waals surface area contributed by atoms with Crippen LogP contribution >= 0.6 is 0 Å². The van der Waals surface area contributed by atoms with E-state index in [0.29, 0.717) is 23.7 Å². The second-order valence-corrected chi connectivity index (χ2v) is 6.79. The van der Waals surface area contributed by atoms with Gasteiger partial charge in [0.25, 0.3) is 0 Å². The van der Waals surface area contributed by atoms with Crippen LogP contribution in [0.1, 0.15) is 20.7 Å². The molecule has 10 heteroatoms. The summed E-state index contributed by atoms with van der Waals surface area (Å²) in [6, 6.07) is 8.78. The smallest absolute Gasteiger partial charge is 0.161 e. The fourth-order valence-corrected chi connectivity index (χ4v) is 2.76. The van der Waals surface area contributed by atoms with Gasteiger partial charge in [0.05, 0.1) is 14.2 Å². The first-order valence-corrected chi connectivity index (χ1v) is 9.58. The average Bonchev–Trinajstić information content (AvgIpc) is 2.84. The summed E-state index contributed by atoms with van der Waals surface area (Å²) in [7, 11) is 2.76. The normalized spacial score (nSPS) is 14.6. The van der Waals surface area contributed by atoms with Crippen LogP contribution in [0.5, 0.6) is 23.0 Å². The van der Waals surface area contributed by atoms with Crippen LogP contribution in [0.4, 0.5) is 0 Å². The third-order valence-electron chi connectivity index (χ3n) is 4.61. The minimum absolute atomic E-state index is 0.216. The Hall–Kier alpha value is -3.18. The lowest BCUT2D eigenvalue weighted by Crippen LogP contribution is -2.48. The molecule has 0 aliphatic rings. The monoisotopic (exact) mass is 450 g/mol. The van der Waals surface area contributed by atoms with E-state index in [2.05, 4.69) is 0 Å². The summed E-state index contributed by atoms with van der Waals surface area (Å²) >= 11 is 0. The van der Waals surface area contributed by atoms with Gasteiger partial charge in [-0.3, -0.25) is 9.59 Å². The maximum absolute atomic E-state index is 10.8. The van der Waals surface area contributed by atoms with Gasteiger partial charge in [0.1, 0.15) is 50.2 Å². The Morgan fingerprint density at radius 1 is 0.688 bits per heavy atom. The minimum Gasteiger partial charge on any atom is -0.493 e. The third kappa shape index (κ3) is 6.41. The third-order valence-corrected chi connectivity index (χ3v) is 4.61. The van der Waals surface area contributed by atoms with Crippen LogP contribution < -0.4 is 18.9 Å². The zero-order valence-corrected chi connectivity index (χ0v) is 17.6. The molecule has 0 aromatic heterocycles. The van der Waals surface area contributed by atoms with Crippen LogP contribution in [-0.4, -0.2) is 84.8 Å². The topological polar surface area (TPSA) is 152 Å². The predicted octanol–water partition coefficient (Wildman–Crippen LogP) is 0.230. The Bertz CT molecular complexity index is 827. The molecule has 0 radical (unpaired) electrons. The van der Waals surface area contributed by atoms with E-state index >= 15 is 0 Å². The molecule has 32 heavy (non-hydrogen) atoms. The number of ether oxygens (including phenoxy) is 4. The van der Waals surface area contributed by atoms with Crippen molar-refractivity contribution in [1.82, 2.24) is 0 Å². The molecule has 174 valence electrons. The Morgan fingerprint density at radius 3 is 1.38 bits per heavy atom. The number of methoxy groups -OCH3 is 2. The second-order valence-electron chi connectivity index (χ2n) is 6.79. The lowest BCUT2D eigenvalue weighted by molar-refractivity contribution is -0.119. The lowest BCUT2D eigenvalue weighted by Gasteiger charge is -2.27. The van der Waals surface area contributed by atoms with Gasteiger partial charge < -0.3 is 39.4 Å². The van der Waals surface area contributed by atoms with Crippen LogP contribution in [0.15, 0.2) is 36.4 Å². The molecule has 4 N–H and O–H groups in total. The first-order valence-electron chi connectivity index (χ1n) is 9.58. The van der Waals surface area contributed by atoms with Gasteiger partial charge in [-0.1, -0.05) is 0 Å². The van der Waals surface area contributed by atoms with Crippen molar-refractivity contribution in [3.63, 3.8) is 0 Å². The van der Waals surface area contributed by atoms with E-state index in [9.17, 15) is 30.0 Å². The van der Waals surface area contributed by atoms with Crippen molar-refractivity contribution in [2.75, 3.05) is 27.4 Å². The molecule has 0 bridgehead atoms. The number of aliphatic hydroxyl groups is 4. The van der Waals surface area contributed by atoms with Crippen molar-refractivity contribution in [2.24, 2.45) is 0 Å². The summed E-state index contributed by atoms with van der Waals surface area (Å²) in [5.74, 6) is 0.932. The first-order chi connectivity index (χ1) is 15.3. The highest BCUT2D eigenvalue weighted by Gasteiger charge is 2.31. The molecule has 0 saturated heterocycles. The summed E-state index contributed by atoms with van der Waals surface area (Å²) in [6.45, 7) is -0.854. The molecule has 0 saturated carbocycles. The molecule has 0 amide bonds. The van der Waals surface area contributed by atoms with Crippen LogP contribution in [0.2, 0.25) is 0 Å². The molecule has 0 aliphatic heterocycles. The SMILES string of the molecule is COc1cc(C=O)ccc1OC[C@@H](O)[C@@H](O)[C@H](O)[C@@H](O)COc1ccc(C=O)cc1OC. The highest BCUT2D eigenvalue weighted by Crippen LogP contribution is 2.29. The van der Waals surface area contributed by atoms with Gasteiger partial charge in [-0.25, -0.2) is 0 Å². The molecule has 2 aromatic carbocycles. The molecule has 0 aliphatic carbocycles. The highest BCUT2D eigenvalue weighted by molar-refractivity contribution is 5.76. The molecular weight excluding hydrogens is 424 g/mol. The van der Waals surface area contributed by atoms with Gasteiger partial charge in [0.15, 0.2) is 23.0 Å². The average molecular weight is 450 g/mol. The van der Waals surface area contributed by atoms with E-state index in [-0.39, 0.29) is 23.0 Å². The highest BCUT2D eigenvalue weighted by atomic mass is 16.5. The zero-order valence-electron chi connectivity index (χ0n) is 17.6. The predicted molar refractivity (Wildman–Crippen MR) is 112 cm³/mol. The molecule has 0 fully saturated rings. The number of rotatable bonds is 13. The summed E-state index contributed by atoms with van der Waals surface area (Å²) in [4.78, 5) is 21.7. The maximum Gasteiger partial charge on any atom is 0.161 e. The van der Waals surface area contributed by atoms with Crippen LogP contribution in [-0.2, 0) is 0 Å². The molecule has 4 atom stereocenters. The van der Waals surface area contributed by atoms with Gasteiger partial charge in [-0.05, 0) is 36.4 Å². The number of aldehydes is 2. The number of hydrogen-bond acceptors (Lipinski definition) is 10. The Balaban J connectivity index is 1.92. The standard InChI is InChI=1S/C22H26O10/c1-29-19-7-13(9-23)3-5-17(19)31-11-15(25)21(27)22(28)16(26)12-32-18-6-4-14(10-24)8-20(18)30-2/h3-10,15-16,21-22,25-28H,11-12H2,1-2H3/t15-,16+,21-,22-/m1/s1. The number of benzene rings is 2. The van der Waals surface area contributed by atoms with E-state index < -0.39 is 37.6 Å². The van der Waals surface area contributed by atoms with Crippen LogP contribution in [0, 0.1) is 0 Å². The summed E-state index contributed by atoms with van der Waals surface area (Å²) < 4.78 is 21.0. The Labute approximate surface area is 184 Å². The first kappa shape index (κ1) is 25.1. The number of hydrogen-bond donors (Lipinski definition) is 4. The molecule has 10 nitrogen and oxygen atoms in total. The zero-order chi connectivity index (χ0) is 23.7. The summed E-state index contributed by atoms with van der Waals surface area (Å²) in [6.07, 6.45) is -5.36.